The lowest BCUT2D eigenvalue weighted by Crippen LogP contribution is -2.31. The maximum Gasteiger partial charge on any atom is 0.319 e. The minimum Gasteiger partial charge on any atom is -0.497 e. The van der Waals surface area contributed by atoms with E-state index in [0.717, 1.165) is 21.9 Å². The summed E-state index contributed by atoms with van der Waals surface area (Å²) in [5.74, 6) is 1.29. The van der Waals surface area contributed by atoms with Crippen molar-refractivity contribution in [2.24, 2.45) is 0 Å². The highest BCUT2D eigenvalue weighted by molar-refractivity contribution is 7.16. The Kier molecular flexibility index (Phi) is 8.04. The van der Waals surface area contributed by atoms with Gasteiger partial charge in [-0.2, -0.15) is 0 Å². The number of urea groups is 1. The molecule has 1 aromatic heterocycles. The number of nitrogens with zero attached hydrogens (tertiary/aromatic N) is 1. The molecule has 0 aliphatic heterocycles. The van der Waals surface area contributed by atoms with Gasteiger partial charge in [0.1, 0.15) is 11.5 Å². The van der Waals surface area contributed by atoms with Crippen LogP contribution >= 0.6 is 11.3 Å². The molecule has 0 bridgehead atoms. The Morgan fingerprint density at radius 1 is 1.00 bits per heavy atom. The fourth-order valence-electron chi connectivity index (χ4n) is 2.91. The van der Waals surface area contributed by atoms with Crippen molar-refractivity contribution in [2.75, 3.05) is 30.9 Å². The minimum absolute atomic E-state index is 0.132. The lowest BCUT2D eigenvalue weighted by molar-refractivity contribution is -0.116. The van der Waals surface area contributed by atoms with Crippen LogP contribution in [0.1, 0.15) is 18.2 Å². The van der Waals surface area contributed by atoms with Crippen molar-refractivity contribution in [1.82, 2.24) is 10.3 Å². The van der Waals surface area contributed by atoms with Crippen LogP contribution in [0.2, 0.25) is 0 Å². The molecule has 168 valence electrons. The summed E-state index contributed by atoms with van der Waals surface area (Å²) in [6, 6.07) is 14.3. The van der Waals surface area contributed by atoms with E-state index in [-0.39, 0.29) is 24.9 Å². The number of carbonyl (C=O) groups is 2. The Morgan fingerprint density at radius 3 is 2.34 bits per heavy atom. The third-order valence-electron chi connectivity index (χ3n) is 4.47. The number of carbonyl (C=O) groups excluding carboxylic acids is 2. The third kappa shape index (κ3) is 6.45. The zero-order valence-corrected chi connectivity index (χ0v) is 19.0. The summed E-state index contributed by atoms with van der Waals surface area (Å²) >= 11 is 1.41. The van der Waals surface area contributed by atoms with Gasteiger partial charge in [-0.05, 0) is 62.4 Å². The van der Waals surface area contributed by atoms with E-state index >= 15 is 0 Å². The number of hydrogen-bond acceptors (Lipinski definition) is 6. The Balaban J connectivity index is 1.46. The first-order valence-corrected chi connectivity index (χ1v) is 11.0. The molecule has 0 aliphatic rings. The monoisotopic (exact) mass is 454 g/mol. The SMILES string of the molecule is CCOc1ccc(-c2nc(NC(=O)CCNC(=O)Nc3ccc(OC)cc3)sc2C)cc1. The summed E-state index contributed by atoms with van der Waals surface area (Å²) in [5, 5.41) is 8.69. The molecule has 0 fully saturated rings. The number of amides is 3. The second kappa shape index (κ2) is 11.1. The fraction of sp³-hybridized carbons (Fsp3) is 0.261. The van der Waals surface area contributed by atoms with Gasteiger partial charge < -0.3 is 25.4 Å². The van der Waals surface area contributed by atoms with Crippen molar-refractivity contribution in [3.63, 3.8) is 0 Å². The summed E-state index contributed by atoms with van der Waals surface area (Å²) in [6.45, 7) is 4.72. The number of methoxy groups -OCH3 is 1. The second-order valence-corrected chi connectivity index (χ2v) is 7.99. The third-order valence-corrected chi connectivity index (χ3v) is 5.35. The number of thiazole rings is 1. The molecule has 3 N–H and O–H groups in total. The van der Waals surface area contributed by atoms with Crippen molar-refractivity contribution in [1.29, 1.82) is 0 Å². The van der Waals surface area contributed by atoms with Crippen molar-refractivity contribution >= 4 is 34.1 Å². The summed E-state index contributed by atoms with van der Waals surface area (Å²) in [4.78, 5) is 29.8. The van der Waals surface area contributed by atoms with E-state index in [1.54, 1.807) is 31.4 Å². The van der Waals surface area contributed by atoms with Crippen LogP contribution in [0.15, 0.2) is 48.5 Å². The number of anilines is 2. The van der Waals surface area contributed by atoms with Crippen LogP contribution in [0.5, 0.6) is 11.5 Å². The van der Waals surface area contributed by atoms with E-state index < -0.39 is 0 Å². The van der Waals surface area contributed by atoms with E-state index in [1.807, 2.05) is 38.1 Å². The van der Waals surface area contributed by atoms with Gasteiger partial charge in [0.2, 0.25) is 5.91 Å². The lowest BCUT2D eigenvalue weighted by Gasteiger charge is -2.08. The first-order valence-electron chi connectivity index (χ1n) is 10.2. The number of nitrogens with one attached hydrogen (secondary N) is 3. The van der Waals surface area contributed by atoms with Crippen molar-refractivity contribution in [3.05, 3.63) is 53.4 Å². The van der Waals surface area contributed by atoms with Crippen LogP contribution in [-0.2, 0) is 4.79 Å². The van der Waals surface area contributed by atoms with Gasteiger partial charge in [-0.3, -0.25) is 4.79 Å². The van der Waals surface area contributed by atoms with Gasteiger partial charge in [0.05, 0.1) is 19.4 Å². The maximum absolute atomic E-state index is 12.2. The average Bonchev–Trinajstić information content (AvgIpc) is 3.14. The fourth-order valence-corrected chi connectivity index (χ4v) is 3.77. The molecular weight excluding hydrogens is 428 g/mol. The summed E-state index contributed by atoms with van der Waals surface area (Å²) in [6.07, 6.45) is 0.132. The van der Waals surface area contributed by atoms with Crippen molar-refractivity contribution < 1.29 is 19.1 Å². The molecule has 8 nitrogen and oxygen atoms in total. The molecule has 32 heavy (non-hydrogen) atoms. The summed E-state index contributed by atoms with van der Waals surface area (Å²) in [5.41, 5.74) is 2.41. The van der Waals surface area contributed by atoms with Crippen molar-refractivity contribution in [3.8, 4) is 22.8 Å². The predicted molar refractivity (Wildman–Crippen MR) is 127 cm³/mol. The van der Waals surface area contributed by atoms with E-state index in [0.29, 0.717) is 23.2 Å². The van der Waals surface area contributed by atoms with Gasteiger partial charge in [0.25, 0.3) is 0 Å². The molecule has 0 radical (unpaired) electrons. The number of rotatable bonds is 9. The van der Waals surface area contributed by atoms with Crippen LogP contribution in [0.4, 0.5) is 15.6 Å². The molecule has 0 spiro atoms. The molecule has 1 heterocycles. The van der Waals surface area contributed by atoms with Crippen molar-refractivity contribution in [2.45, 2.75) is 20.3 Å². The first kappa shape index (κ1) is 23.1. The van der Waals surface area contributed by atoms with E-state index in [9.17, 15) is 9.59 Å². The molecule has 0 saturated heterocycles. The topological polar surface area (TPSA) is 102 Å². The molecule has 2 aromatic carbocycles. The zero-order chi connectivity index (χ0) is 22.9. The highest BCUT2D eigenvalue weighted by Gasteiger charge is 2.13. The van der Waals surface area contributed by atoms with Gasteiger partial charge in [-0.1, -0.05) is 0 Å². The van der Waals surface area contributed by atoms with Gasteiger partial charge in [0, 0.05) is 29.1 Å². The Morgan fingerprint density at radius 2 is 1.69 bits per heavy atom. The molecule has 0 aliphatic carbocycles. The van der Waals surface area contributed by atoms with Crippen LogP contribution < -0.4 is 25.4 Å². The first-order chi connectivity index (χ1) is 15.5. The minimum atomic E-state index is -0.383. The Hall–Kier alpha value is -3.59. The molecule has 9 heteroatoms. The molecular formula is C23H26N4O4S. The van der Waals surface area contributed by atoms with Gasteiger partial charge in [-0.15, -0.1) is 11.3 Å². The van der Waals surface area contributed by atoms with Crippen LogP contribution in [0.25, 0.3) is 11.3 Å². The number of aryl methyl sites for hydroxylation is 1. The van der Waals surface area contributed by atoms with Gasteiger partial charge >= 0.3 is 6.03 Å². The number of aromatic nitrogens is 1. The zero-order valence-electron chi connectivity index (χ0n) is 18.2. The Bertz CT molecular complexity index is 1050. The smallest absolute Gasteiger partial charge is 0.319 e. The highest BCUT2D eigenvalue weighted by atomic mass is 32.1. The number of ether oxygens (including phenoxy) is 2. The van der Waals surface area contributed by atoms with Gasteiger partial charge in [0.15, 0.2) is 5.13 Å². The average molecular weight is 455 g/mol. The molecule has 0 saturated carbocycles. The van der Waals surface area contributed by atoms with E-state index in [4.69, 9.17) is 9.47 Å². The normalized spacial score (nSPS) is 10.3. The highest BCUT2D eigenvalue weighted by Crippen LogP contribution is 2.31. The molecule has 3 rings (SSSR count). The molecule has 3 amide bonds. The molecule has 0 unspecified atom stereocenters. The Labute approximate surface area is 191 Å². The molecule has 0 atom stereocenters. The molecule has 3 aromatic rings. The largest absolute Gasteiger partial charge is 0.497 e. The van der Waals surface area contributed by atoms with Crippen LogP contribution in [0.3, 0.4) is 0 Å². The van der Waals surface area contributed by atoms with Crippen LogP contribution in [0, 0.1) is 6.92 Å². The standard InChI is InChI=1S/C23H26N4O4S/c1-4-31-19-9-5-16(6-10-19)21-15(2)32-23(27-21)26-20(28)13-14-24-22(29)25-17-7-11-18(30-3)12-8-17/h5-12H,4,13-14H2,1-3H3,(H2,24,25,29)(H,26,27,28). The van der Waals surface area contributed by atoms with Crippen LogP contribution in [-0.4, -0.2) is 37.2 Å². The summed E-state index contributed by atoms with van der Waals surface area (Å²) in [7, 11) is 1.58. The van der Waals surface area contributed by atoms with Gasteiger partial charge in [-0.25, -0.2) is 9.78 Å². The quantitative estimate of drug-likeness (QED) is 0.436. The predicted octanol–water partition coefficient (Wildman–Crippen LogP) is 4.68. The maximum atomic E-state index is 12.2. The number of hydrogen-bond donors (Lipinski definition) is 3. The number of benzene rings is 2. The lowest BCUT2D eigenvalue weighted by atomic mass is 10.1. The summed E-state index contributed by atoms with van der Waals surface area (Å²) < 4.78 is 10.5. The second-order valence-electron chi connectivity index (χ2n) is 6.79. The van der Waals surface area contributed by atoms with E-state index in [2.05, 4.69) is 20.9 Å². The van der Waals surface area contributed by atoms with E-state index in [1.165, 1.54) is 11.3 Å².